The molecule has 0 aromatic heterocycles. The van der Waals surface area contributed by atoms with Crippen LogP contribution in [0.3, 0.4) is 0 Å². The van der Waals surface area contributed by atoms with Gasteiger partial charge in [0, 0.05) is 0 Å². The minimum absolute atomic E-state index is 0.225. The van der Waals surface area contributed by atoms with Crippen LogP contribution in [0, 0.1) is 0 Å². The van der Waals surface area contributed by atoms with E-state index in [2.05, 4.69) is 0 Å². The summed E-state index contributed by atoms with van der Waals surface area (Å²) in [4.78, 5) is 11.9. The van der Waals surface area contributed by atoms with Gasteiger partial charge in [0.1, 0.15) is 17.1 Å². The highest BCUT2D eigenvalue weighted by Gasteiger charge is 2.35. The normalized spacial score (nSPS) is 11.8. The molecule has 128 valence electrons. The van der Waals surface area contributed by atoms with Gasteiger partial charge in [-0.2, -0.15) is 0 Å². The first kappa shape index (κ1) is 19.3. The summed E-state index contributed by atoms with van der Waals surface area (Å²) in [6, 6.07) is 3.38. The van der Waals surface area contributed by atoms with Crippen molar-refractivity contribution in [1.82, 2.24) is 0 Å². The van der Waals surface area contributed by atoms with Gasteiger partial charge in [-0.3, -0.25) is 0 Å². The van der Waals surface area contributed by atoms with Crippen LogP contribution in [-0.2, 0) is 9.39 Å². The Kier molecular flexibility index (Phi) is 6.07. The van der Waals surface area contributed by atoms with E-state index >= 15 is 0 Å². The monoisotopic (exact) mass is 324 g/mol. The van der Waals surface area contributed by atoms with E-state index < -0.39 is 17.2 Å². The molecule has 1 aromatic carbocycles. The van der Waals surface area contributed by atoms with Crippen molar-refractivity contribution in [2.45, 2.75) is 38.9 Å². The van der Waals surface area contributed by atoms with Crippen molar-refractivity contribution in [2.24, 2.45) is 0 Å². The summed E-state index contributed by atoms with van der Waals surface area (Å²) in [5.74, 6) is 0.148. The van der Waals surface area contributed by atoms with E-state index in [0.29, 0.717) is 11.5 Å². The Morgan fingerprint density at radius 2 is 1.52 bits per heavy atom. The Morgan fingerprint density at radius 1 is 1.04 bits per heavy atom. The van der Waals surface area contributed by atoms with Crippen LogP contribution in [0.15, 0.2) is 12.1 Å². The molecule has 0 heterocycles. The summed E-state index contributed by atoms with van der Waals surface area (Å²) in [6.45, 7) is 7.00. The number of rotatable bonds is 7. The van der Waals surface area contributed by atoms with Gasteiger partial charge in [0.05, 0.1) is 32.5 Å². The third-order valence-electron chi connectivity index (χ3n) is 4.03. The molecule has 23 heavy (non-hydrogen) atoms. The Balaban J connectivity index is 3.13. The van der Waals surface area contributed by atoms with Crippen molar-refractivity contribution in [3.8, 4) is 11.5 Å². The summed E-state index contributed by atoms with van der Waals surface area (Å²) in [7, 11) is 4.45. The van der Waals surface area contributed by atoms with Crippen molar-refractivity contribution in [3.63, 3.8) is 0 Å². The van der Waals surface area contributed by atoms with Crippen molar-refractivity contribution in [1.29, 1.82) is 0 Å². The van der Waals surface area contributed by atoms with Gasteiger partial charge < -0.3 is 24.0 Å². The average Bonchev–Trinajstić information content (AvgIpc) is 2.49. The number of carbonyl (C=O) groups is 1. The molecule has 0 aliphatic carbocycles. The van der Waals surface area contributed by atoms with E-state index in [-0.39, 0.29) is 13.0 Å². The molecule has 0 aliphatic heterocycles. The van der Waals surface area contributed by atoms with Gasteiger partial charge >= 0.3 is 13.5 Å². The molecular weight excluding hydrogens is 299 g/mol. The van der Waals surface area contributed by atoms with Gasteiger partial charge in [0.2, 0.25) is 0 Å². The first-order valence-corrected chi connectivity index (χ1v) is 7.27. The van der Waals surface area contributed by atoms with Gasteiger partial charge in [-0.25, -0.2) is 4.79 Å². The quantitative estimate of drug-likeness (QED) is 0.597. The fourth-order valence-electron chi connectivity index (χ4n) is 1.79. The molecule has 1 aromatic rings. The largest absolute Gasteiger partial charge is 0.496 e. The number of aliphatic hydroxyl groups is 1. The molecule has 1 N–H and O–H groups in total. The standard InChI is InChI=1S/C16H25BO6/c1-15(2,19)16(3,4)23-17-10-8-11(20-5)13(14(18)22-7)12(9-10)21-6/h8-9,17,19H,1-7H3. The molecular formula is C16H25BO6. The first-order chi connectivity index (χ1) is 10.6. The van der Waals surface area contributed by atoms with Gasteiger partial charge in [-0.1, -0.05) is 0 Å². The van der Waals surface area contributed by atoms with Gasteiger partial charge in [-0.05, 0) is 45.3 Å². The molecule has 0 fully saturated rings. The average molecular weight is 324 g/mol. The minimum atomic E-state index is -1.01. The maximum Gasteiger partial charge on any atom is 0.345 e. The molecule has 1 rings (SSSR count). The molecule has 6 nitrogen and oxygen atoms in total. The predicted molar refractivity (Wildman–Crippen MR) is 89.1 cm³/mol. The lowest BCUT2D eigenvalue weighted by Crippen LogP contribution is -2.49. The van der Waals surface area contributed by atoms with Crippen LogP contribution < -0.4 is 14.9 Å². The second-order valence-corrected chi connectivity index (χ2v) is 6.22. The van der Waals surface area contributed by atoms with Crippen LogP contribution in [0.1, 0.15) is 38.1 Å². The number of ether oxygens (including phenoxy) is 3. The summed E-state index contributed by atoms with van der Waals surface area (Å²) >= 11 is 0. The number of benzene rings is 1. The zero-order chi connectivity index (χ0) is 17.8. The van der Waals surface area contributed by atoms with E-state index in [9.17, 15) is 9.90 Å². The Hall–Kier alpha value is -1.73. The third-order valence-corrected chi connectivity index (χ3v) is 4.03. The zero-order valence-corrected chi connectivity index (χ0v) is 14.9. The fraction of sp³-hybridized carbons (Fsp3) is 0.562. The summed E-state index contributed by atoms with van der Waals surface area (Å²) in [5.41, 5.74) is -0.784. The van der Waals surface area contributed by atoms with Crippen LogP contribution in [-0.4, -0.2) is 51.1 Å². The van der Waals surface area contributed by atoms with Crippen LogP contribution in [0.2, 0.25) is 0 Å². The van der Waals surface area contributed by atoms with Crippen molar-refractivity contribution >= 4 is 18.9 Å². The highest BCUT2D eigenvalue weighted by molar-refractivity contribution is 6.47. The highest BCUT2D eigenvalue weighted by atomic mass is 16.5. The molecule has 0 saturated heterocycles. The Bertz CT molecular complexity index is 537. The summed E-state index contributed by atoms with van der Waals surface area (Å²) < 4.78 is 21.1. The molecule has 0 unspecified atom stereocenters. The zero-order valence-electron chi connectivity index (χ0n) is 14.9. The molecule has 0 atom stereocenters. The third kappa shape index (κ3) is 4.39. The number of esters is 1. The van der Waals surface area contributed by atoms with Crippen LogP contribution >= 0.6 is 0 Å². The van der Waals surface area contributed by atoms with Crippen molar-refractivity contribution in [3.05, 3.63) is 17.7 Å². The predicted octanol–water partition coefficient (Wildman–Crippen LogP) is 1.03. The molecule has 0 amide bonds. The van der Waals surface area contributed by atoms with Crippen LogP contribution in [0.5, 0.6) is 11.5 Å². The second kappa shape index (κ2) is 7.23. The second-order valence-electron chi connectivity index (χ2n) is 6.22. The SMILES string of the molecule is COC(=O)c1c(OC)cc(BOC(C)(C)C(C)(C)O)cc1OC. The fourth-order valence-corrected chi connectivity index (χ4v) is 1.79. The number of carbonyl (C=O) groups excluding carboxylic acids is 1. The van der Waals surface area contributed by atoms with Gasteiger partial charge in [0.25, 0.3) is 0 Å². The van der Waals surface area contributed by atoms with Gasteiger partial charge in [-0.15, -0.1) is 0 Å². The molecule has 0 spiro atoms. The van der Waals surface area contributed by atoms with E-state index in [0.717, 1.165) is 5.46 Å². The number of hydrogen-bond donors (Lipinski definition) is 1. The molecule has 0 bridgehead atoms. The van der Waals surface area contributed by atoms with Gasteiger partial charge in [0.15, 0.2) is 0 Å². The number of hydrogen-bond acceptors (Lipinski definition) is 6. The van der Waals surface area contributed by atoms with E-state index in [1.165, 1.54) is 21.3 Å². The topological polar surface area (TPSA) is 74.2 Å². The molecule has 0 aliphatic rings. The number of methoxy groups -OCH3 is 3. The molecule has 7 heteroatoms. The Labute approximate surface area is 138 Å². The van der Waals surface area contributed by atoms with E-state index in [1.807, 2.05) is 13.8 Å². The van der Waals surface area contributed by atoms with Crippen molar-refractivity contribution < 1.29 is 28.8 Å². The van der Waals surface area contributed by atoms with Crippen molar-refractivity contribution in [2.75, 3.05) is 21.3 Å². The van der Waals surface area contributed by atoms with E-state index in [1.54, 1.807) is 26.0 Å². The molecule has 0 saturated carbocycles. The highest BCUT2D eigenvalue weighted by Crippen LogP contribution is 2.29. The first-order valence-electron chi connectivity index (χ1n) is 7.27. The Morgan fingerprint density at radius 3 is 1.87 bits per heavy atom. The van der Waals surface area contributed by atoms with E-state index in [4.69, 9.17) is 18.9 Å². The summed E-state index contributed by atoms with van der Waals surface area (Å²) in [5, 5.41) is 10.1. The van der Waals surface area contributed by atoms with Crippen LogP contribution in [0.4, 0.5) is 0 Å². The smallest absolute Gasteiger partial charge is 0.345 e. The minimum Gasteiger partial charge on any atom is -0.496 e. The molecule has 0 radical (unpaired) electrons. The van der Waals surface area contributed by atoms with Crippen LogP contribution in [0.25, 0.3) is 0 Å². The maximum absolute atomic E-state index is 11.9. The summed E-state index contributed by atoms with van der Waals surface area (Å²) in [6.07, 6.45) is 0. The lowest BCUT2D eigenvalue weighted by molar-refractivity contribution is -0.0893. The lowest BCUT2D eigenvalue weighted by atomic mass is 9.82. The maximum atomic E-state index is 11.9. The lowest BCUT2D eigenvalue weighted by Gasteiger charge is -2.37.